The molecule has 0 N–H and O–H groups in total. The summed E-state index contributed by atoms with van der Waals surface area (Å²) in [5.41, 5.74) is 1.96. The summed E-state index contributed by atoms with van der Waals surface area (Å²) in [6.45, 7) is 8.45. The van der Waals surface area contributed by atoms with Gasteiger partial charge in [0.1, 0.15) is 0 Å². The minimum Gasteiger partial charge on any atom is -0.463 e. The Labute approximate surface area is 93.7 Å². The van der Waals surface area contributed by atoms with E-state index in [1.54, 1.807) is 0 Å². The van der Waals surface area contributed by atoms with E-state index >= 15 is 0 Å². The quantitative estimate of drug-likeness (QED) is 0.364. The maximum absolute atomic E-state index is 11.6. The minimum atomic E-state index is -0.131. The third-order valence-electron chi connectivity index (χ3n) is 2.41. The predicted octanol–water partition coefficient (Wildman–Crippen LogP) is 3.86. The highest BCUT2D eigenvalue weighted by Crippen LogP contribution is 2.15. The maximum Gasteiger partial charge on any atom is 0.333 e. The molecular weight excluding hydrogens is 188 g/mol. The summed E-state index contributed by atoms with van der Waals surface area (Å²) in [6, 6.07) is 0. The van der Waals surface area contributed by atoms with Gasteiger partial charge in [-0.2, -0.15) is 0 Å². The summed E-state index contributed by atoms with van der Waals surface area (Å²) in [6.07, 6.45) is 5.63. The molecule has 0 heterocycles. The normalized spacial score (nSPS) is 9.87. The molecule has 2 nitrogen and oxygen atoms in total. The molecule has 0 spiro atoms. The zero-order chi connectivity index (χ0) is 11.7. The van der Waals surface area contributed by atoms with Gasteiger partial charge < -0.3 is 4.74 Å². The highest BCUT2D eigenvalue weighted by Gasteiger charge is 2.11. The average Bonchev–Trinajstić information content (AvgIpc) is 2.17. The van der Waals surface area contributed by atoms with Crippen LogP contribution in [0.2, 0.25) is 0 Å². The summed E-state index contributed by atoms with van der Waals surface area (Å²) in [7, 11) is 0. The second-order valence-electron chi connectivity index (χ2n) is 4.01. The van der Waals surface area contributed by atoms with Crippen molar-refractivity contribution >= 4 is 5.97 Å². The first-order valence-electron chi connectivity index (χ1n) is 5.96. The molecule has 0 unspecified atom stereocenters. The molecule has 0 atom stereocenters. The van der Waals surface area contributed by atoms with Crippen LogP contribution in [-0.4, -0.2) is 12.6 Å². The van der Waals surface area contributed by atoms with Gasteiger partial charge in [0.2, 0.25) is 0 Å². The van der Waals surface area contributed by atoms with E-state index in [1.807, 2.05) is 20.8 Å². The molecule has 0 aliphatic carbocycles. The molecular formula is C13H24O2. The molecule has 0 saturated heterocycles. The molecule has 0 amide bonds. The van der Waals surface area contributed by atoms with E-state index in [-0.39, 0.29) is 5.97 Å². The molecule has 0 aromatic heterocycles. The van der Waals surface area contributed by atoms with Crippen LogP contribution in [0.3, 0.4) is 0 Å². The zero-order valence-electron chi connectivity index (χ0n) is 10.6. The molecule has 88 valence electrons. The lowest BCUT2D eigenvalue weighted by molar-refractivity contribution is -0.138. The van der Waals surface area contributed by atoms with Crippen LogP contribution in [-0.2, 0) is 9.53 Å². The fraction of sp³-hybridized carbons (Fsp3) is 0.769. The molecule has 0 aromatic rings. The van der Waals surface area contributed by atoms with Gasteiger partial charge in [0, 0.05) is 5.57 Å². The molecule has 0 aromatic carbocycles. The van der Waals surface area contributed by atoms with Crippen LogP contribution in [0.4, 0.5) is 0 Å². The highest BCUT2D eigenvalue weighted by molar-refractivity contribution is 5.89. The van der Waals surface area contributed by atoms with E-state index < -0.39 is 0 Å². The Morgan fingerprint density at radius 1 is 1.07 bits per heavy atom. The Bertz CT molecular complexity index is 213. The van der Waals surface area contributed by atoms with E-state index in [0.29, 0.717) is 6.61 Å². The predicted molar refractivity (Wildman–Crippen MR) is 63.8 cm³/mol. The monoisotopic (exact) mass is 212 g/mol. The number of unbranched alkanes of at least 4 members (excludes halogenated alkanes) is 3. The molecule has 0 bridgehead atoms. The van der Waals surface area contributed by atoms with E-state index in [1.165, 1.54) is 19.3 Å². The van der Waals surface area contributed by atoms with E-state index in [0.717, 1.165) is 24.0 Å². The Balaban J connectivity index is 4.08. The van der Waals surface area contributed by atoms with E-state index in [4.69, 9.17) is 4.74 Å². The number of rotatable bonds is 7. The number of carbonyl (C=O) groups excluding carboxylic acids is 1. The average molecular weight is 212 g/mol. The van der Waals surface area contributed by atoms with Gasteiger partial charge in [0.15, 0.2) is 0 Å². The molecule has 0 aliphatic heterocycles. The van der Waals surface area contributed by atoms with Crippen LogP contribution >= 0.6 is 0 Å². The van der Waals surface area contributed by atoms with Crippen molar-refractivity contribution in [3.05, 3.63) is 11.1 Å². The third kappa shape index (κ3) is 6.32. The van der Waals surface area contributed by atoms with Crippen LogP contribution in [0.1, 0.15) is 59.8 Å². The van der Waals surface area contributed by atoms with Crippen molar-refractivity contribution in [2.45, 2.75) is 59.8 Å². The lowest BCUT2D eigenvalue weighted by Crippen LogP contribution is -2.09. The summed E-state index contributed by atoms with van der Waals surface area (Å²) < 4.78 is 5.03. The Morgan fingerprint density at radius 2 is 1.73 bits per heavy atom. The highest BCUT2D eigenvalue weighted by atomic mass is 16.5. The van der Waals surface area contributed by atoms with Crippen molar-refractivity contribution in [2.75, 3.05) is 6.61 Å². The topological polar surface area (TPSA) is 26.3 Å². The summed E-state index contributed by atoms with van der Waals surface area (Å²) in [5.74, 6) is -0.131. The molecule has 2 heteroatoms. The molecule has 0 radical (unpaired) electrons. The first-order valence-corrected chi connectivity index (χ1v) is 5.96. The summed E-state index contributed by atoms with van der Waals surface area (Å²) >= 11 is 0. The fourth-order valence-corrected chi connectivity index (χ4v) is 1.50. The van der Waals surface area contributed by atoms with Crippen LogP contribution < -0.4 is 0 Å². The molecule has 0 saturated carbocycles. The number of ether oxygens (including phenoxy) is 1. The van der Waals surface area contributed by atoms with Gasteiger partial charge in [0.25, 0.3) is 0 Å². The number of carbonyl (C=O) groups is 1. The van der Waals surface area contributed by atoms with Crippen LogP contribution in [0.5, 0.6) is 0 Å². The number of hydrogen-bond acceptors (Lipinski definition) is 2. The first kappa shape index (κ1) is 14.2. The zero-order valence-corrected chi connectivity index (χ0v) is 10.6. The smallest absolute Gasteiger partial charge is 0.333 e. The molecule has 0 rings (SSSR count). The van der Waals surface area contributed by atoms with Gasteiger partial charge in [-0.25, -0.2) is 4.79 Å². The first-order chi connectivity index (χ1) is 7.13. The lowest BCUT2D eigenvalue weighted by Gasteiger charge is -2.08. The van der Waals surface area contributed by atoms with Crippen LogP contribution in [0, 0.1) is 0 Å². The van der Waals surface area contributed by atoms with Gasteiger partial charge in [0.05, 0.1) is 6.61 Å². The lowest BCUT2D eigenvalue weighted by atomic mass is 10.0. The van der Waals surface area contributed by atoms with Gasteiger partial charge in [-0.1, -0.05) is 31.8 Å². The van der Waals surface area contributed by atoms with Crippen molar-refractivity contribution in [2.24, 2.45) is 0 Å². The fourth-order valence-electron chi connectivity index (χ4n) is 1.50. The van der Waals surface area contributed by atoms with Crippen LogP contribution in [0.15, 0.2) is 11.1 Å². The largest absolute Gasteiger partial charge is 0.463 e. The standard InChI is InChI=1S/C13H24O2/c1-5-7-8-9-10-12(11(3)4)13(14)15-6-2/h5-10H2,1-4H3. The maximum atomic E-state index is 11.6. The van der Waals surface area contributed by atoms with Crippen molar-refractivity contribution in [3.8, 4) is 0 Å². The van der Waals surface area contributed by atoms with E-state index in [9.17, 15) is 4.79 Å². The number of hydrogen-bond donors (Lipinski definition) is 0. The number of esters is 1. The SMILES string of the molecule is CCCCCCC(C(=O)OCC)=C(C)C. The Kier molecular flexibility index (Phi) is 8.06. The number of allylic oxidation sites excluding steroid dienone is 1. The van der Waals surface area contributed by atoms with Crippen molar-refractivity contribution in [1.82, 2.24) is 0 Å². The third-order valence-corrected chi connectivity index (χ3v) is 2.41. The van der Waals surface area contributed by atoms with Crippen molar-refractivity contribution < 1.29 is 9.53 Å². The molecule has 0 fully saturated rings. The summed E-state index contributed by atoms with van der Waals surface area (Å²) in [5, 5.41) is 0. The molecule has 0 aliphatic rings. The second kappa shape index (κ2) is 8.51. The van der Waals surface area contributed by atoms with Gasteiger partial charge >= 0.3 is 5.97 Å². The Morgan fingerprint density at radius 3 is 2.20 bits per heavy atom. The second-order valence-corrected chi connectivity index (χ2v) is 4.01. The minimum absolute atomic E-state index is 0.131. The van der Waals surface area contributed by atoms with Crippen molar-refractivity contribution in [1.29, 1.82) is 0 Å². The molecule has 15 heavy (non-hydrogen) atoms. The Hall–Kier alpha value is -0.790. The van der Waals surface area contributed by atoms with Gasteiger partial charge in [-0.05, 0) is 33.6 Å². The van der Waals surface area contributed by atoms with Gasteiger partial charge in [-0.15, -0.1) is 0 Å². The van der Waals surface area contributed by atoms with Gasteiger partial charge in [-0.3, -0.25) is 0 Å². The summed E-state index contributed by atoms with van der Waals surface area (Å²) in [4.78, 5) is 11.6. The van der Waals surface area contributed by atoms with E-state index in [2.05, 4.69) is 6.92 Å². The van der Waals surface area contributed by atoms with Crippen LogP contribution in [0.25, 0.3) is 0 Å². The van der Waals surface area contributed by atoms with Crippen molar-refractivity contribution in [3.63, 3.8) is 0 Å².